The molecule has 0 saturated carbocycles. The van der Waals surface area contributed by atoms with E-state index in [0.29, 0.717) is 22.1 Å². The Balaban J connectivity index is 1.28. The van der Waals surface area contributed by atoms with Crippen LogP contribution in [-0.4, -0.2) is 30.2 Å². The van der Waals surface area contributed by atoms with Gasteiger partial charge in [-0.1, -0.05) is 22.0 Å². The summed E-state index contributed by atoms with van der Waals surface area (Å²) in [6.45, 7) is -0.371. The van der Waals surface area contributed by atoms with E-state index in [4.69, 9.17) is 9.47 Å². The first-order valence-electron chi connectivity index (χ1n) is 10.7. The number of thiophene rings is 1. The highest BCUT2D eigenvalue weighted by molar-refractivity contribution is 9.10. The van der Waals surface area contributed by atoms with E-state index >= 15 is 0 Å². The molecule has 7 nitrogen and oxygen atoms in total. The first kappa shape index (κ1) is 23.7. The Morgan fingerprint density at radius 2 is 1.53 bits per heavy atom. The van der Waals surface area contributed by atoms with E-state index < -0.39 is 17.8 Å². The highest BCUT2D eigenvalue weighted by atomic mass is 79.9. The maximum absolute atomic E-state index is 13.1. The second-order valence-corrected chi connectivity index (χ2v) is 9.60. The molecule has 0 atom stereocenters. The van der Waals surface area contributed by atoms with Crippen molar-refractivity contribution in [3.63, 3.8) is 0 Å². The number of anilines is 1. The number of esters is 1. The van der Waals surface area contributed by atoms with Crippen molar-refractivity contribution in [1.29, 1.82) is 0 Å². The average Bonchev–Trinajstić information content (AvgIpc) is 3.51. The van der Waals surface area contributed by atoms with Gasteiger partial charge >= 0.3 is 5.97 Å². The van der Waals surface area contributed by atoms with Crippen LogP contribution in [0, 0.1) is 0 Å². The standard InChI is InChI=1S/C27H16BrNO6S/c28-17-5-9-19(10-6-17)35-20-11-12-21-22(14-20)26(32)29(25(21)31)18-7-3-16(4-8-18)27(33)34-15-23(30)24-2-1-13-36-24/h1-14H,15H2. The molecule has 5 rings (SSSR count). The maximum atomic E-state index is 13.1. The molecule has 2 heterocycles. The zero-order valence-electron chi connectivity index (χ0n) is 18.5. The largest absolute Gasteiger partial charge is 0.457 e. The summed E-state index contributed by atoms with van der Waals surface area (Å²) in [5.41, 5.74) is 0.992. The molecule has 0 unspecified atom stereocenters. The van der Waals surface area contributed by atoms with Crippen LogP contribution >= 0.6 is 27.3 Å². The number of carbonyl (C=O) groups excluding carboxylic acids is 4. The normalized spacial score (nSPS) is 12.4. The number of ketones is 1. The van der Waals surface area contributed by atoms with Gasteiger partial charge in [-0.05, 0) is 78.2 Å². The Hall–Kier alpha value is -4.08. The number of hydrogen-bond acceptors (Lipinski definition) is 7. The SMILES string of the molecule is O=C(OCC(=O)c1cccs1)c1ccc(N2C(=O)c3ccc(Oc4ccc(Br)cc4)cc3C2=O)cc1. The van der Waals surface area contributed by atoms with Crippen LogP contribution in [0.5, 0.6) is 11.5 Å². The van der Waals surface area contributed by atoms with E-state index in [2.05, 4.69) is 15.9 Å². The number of ether oxygens (including phenoxy) is 2. The summed E-state index contributed by atoms with van der Waals surface area (Å²) < 4.78 is 11.8. The summed E-state index contributed by atoms with van der Waals surface area (Å²) in [6, 6.07) is 21.2. The van der Waals surface area contributed by atoms with Gasteiger partial charge < -0.3 is 9.47 Å². The number of halogens is 1. The Morgan fingerprint density at radius 3 is 2.22 bits per heavy atom. The van der Waals surface area contributed by atoms with Crippen molar-refractivity contribution >= 4 is 56.5 Å². The molecular weight excluding hydrogens is 546 g/mol. The van der Waals surface area contributed by atoms with E-state index in [1.165, 1.54) is 41.7 Å². The zero-order valence-corrected chi connectivity index (χ0v) is 20.9. The molecule has 1 aliphatic heterocycles. The number of fused-ring (bicyclic) bond motifs is 1. The number of amides is 2. The second kappa shape index (κ2) is 9.88. The molecule has 178 valence electrons. The van der Waals surface area contributed by atoms with E-state index in [1.54, 1.807) is 41.8 Å². The lowest BCUT2D eigenvalue weighted by atomic mass is 10.1. The van der Waals surface area contributed by atoms with Gasteiger partial charge in [0.1, 0.15) is 11.5 Å². The summed E-state index contributed by atoms with van der Waals surface area (Å²) in [4.78, 5) is 51.9. The molecule has 0 N–H and O–H groups in total. The number of hydrogen-bond donors (Lipinski definition) is 0. The van der Waals surface area contributed by atoms with Gasteiger partial charge in [0.15, 0.2) is 6.61 Å². The fourth-order valence-electron chi connectivity index (χ4n) is 3.63. The Labute approximate surface area is 218 Å². The van der Waals surface area contributed by atoms with E-state index in [-0.39, 0.29) is 29.1 Å². The molecule has 2 amide bonds. The van der Waals surface area contributed by atoms with Crippen molar-refractivity contribution in [1.82, 2.24) is 0 Å². The molecule has 0 spiro atoms. The van der Waals surface area contributed by atoms with Gasteiger partial charge in [-0.3, -0.25) is 14.4 Å². The highest BCUT2D eigenvalue weighted by Crippen LogP contribution is 2.32. The fourth-order valence-corrected chi connectivity index (χ4v) is 4.54. The predicted molar refractivity (Wildman–Crippen MR) is 137 cm³/mol. The van der Waals surface area contributed by atoms with Gasteiger partial charge in [-0.15, -0.1) is 11.3 Å². The lowest BCUT2D eigenvalue weighted by Gasteiger charge is -2.14. The van der Waals surface area contributed by atoms with Gasteiger partial charge in [0.05, 0.1) is 27.3 Å². The number of nitrogens with zero attached hydrogens (tertiary/aromatic N) is 1. The quantitative estimate of drug-likeness (QED) is 0.153. The number of benzene rings is 3. The third-order valence-electron chi connectivity index (χ3n) is 5.40. The first-order chi connectivity index (χ1) is 17.4. The van der Waals surface area contributed by atoms with E-state index in [1.807, 2.05) is 12.1 Å². The zero-order chi connectivity index (χ0) is 25.2. The molecule has 0 fully saturated rings. The molecule has 1 aliphatic rings. The van der Waals surface area contributed by atoms with Crippen molar-refractivity contribution in [3.8, 4) is 11.5 Å². The van der Waals surface area contributed by atoms with Crippen LogP contribution < -0.4 is 9.64 Å². The summed E-state index contributed by atoms with van der Waals surface area (Å²) in [6.07, 6.45) is 0. The van der Waals surface area contributed by atoms with Gasteiger partial charge in [-0.2, -0.15) is 0 Å². The van der Waals surface area contributed by atoms with Crippen molar-refractivity contribution in [2.75, 3.05) is 11.5 Å². The average molecular weight is 562 g/mol. The minimum atomic E-state index is -0.677. The Kier molecular flexibility index (Phi) is 6.49. The minimum absolute atomic E-state index is 0.194. The minimum Gasteiger partial charge on any atom is -0.457 e. The van der Waals surface area contributed by atoms with Crippen molar-refractivity contribution in [2.45, 2.75) is 0 Å². The molecular formula is C27H16BrNO6S. The van der Waals surface area contributed by atoms with Gasteiger partial charge in [0.2, 0.25) is 5.78 Å². The van der Waals surface area contributed by atoms with Gasteiger partial charge in [0, 0.05) is 4.47 Å². The summed E-state index contributed by atoms with van der Waals surface area (Å²) in [7, 11) is 0. The van der Waals surface area contributed by atoms with Crippen LogP contribution in [0.1, 0.15) is 40.7 Å². The Bertz CT molecular complexity index is 1480. The van der Waals surface area contributed by atoms with Gasteiger partial charge in [-0.25, -0.2) is 9.69 Å². The van der Waals surface area contributed by atoms with Crippen molar-refractivity contribution in [2.24, 2.45) is 0 Å². The third-order valence-corrected chi connectivity index (χ3v) is 6.84. The topological polar surface area (TPSA) is 90.0 Å². The van der Waals surface area contributed by atoms with Gasteiger partial charge in [0.25, 0.3) is 11.8 Å². The molecule has 0 bridgehead atoms. The van der Waals surface area contributed by atoms with Crippen LogP contribution in [-0.2, 0) is 4.74 Å². The maximum Gasteiger partial charge on any atom is 0.338 e. The monoisotopic (exact) mass is 561 g/mol. The van der Waals surface area contributed by atoms with Crippen LogP contribution in [0.4, 0.5) is 5.69 Å². The van der Waals surface area contributed by atoms with Crippen LogP contribution in [0.2, 0.25) is 0 Å². The third kappa shape index (κ3) is 4.71. The summed E-state index contributed by atoms with van der Waals surface area (Å²) >= 11 is 4.64. The van der Waals surface area contributed by atoms with E-state index in [9.17, 15) is 19.2 Å². The number of imide groups is 1. The van der Waals surface area contributed by atoms with E-state index in [0.717, 1.165) is 9.37 Å². The molecule has 9 heteroatoms. The van der Waals surface area contributed by atoms with Crippen LogP contribution in [0.15, 0.2) is 88.7 Å². The lowest BCUT2D eigenvalue weighted by molar-refractivity contribution is 0.0476. The Morgan fingerprint density at radius 1 is 0.833 bits per heavy atom. The molecule has 0 saturated heterocycles. The first-order valence-corrected chi connectivity index (χ1v) is 12.4. The molecule has 1 aromatic heterocycles. The number of Topliss-reactive ketones (excluding diaryl/α,β-unsaturated/α-hetero) is 1. The molecule has 0 radical (unpaired) electrons. The molecule has 36 heavy (non-hydrogen) atoms. The predicted octanol–water partition coefficient (Wildman–Crippen LogP) is 6.14. The summed E-state index contributed by atoms with van der Waals surface area (Å²) in [5, 5.41) is 1.77. The number of rotatable bonds is 7. The molecule has 3 aromatic carbocycles. The molecule has 4 aromatic rings. The van der Waals surface area contributed by atoms with Crippen molar-refractivity contribution in [3.05, 3.63) is 110 Å². The lowest BCUT2D eigenvalue weighted by Crippen LogP contribution is -2.29. The van der Waals surface area contributed by atoms with Crippen LogP contribution in [0.25, 0.3) is 0 Å². The second-order valence-electron chi connectivity index (χ2n) is 7.73. The fraction of sp³-hybridized carbons (Fsp3) is 0.0370. The van der Waals surface area contributed by atoms with Crippen molar-refractivity contribution < 1.29 is 28.7 Å². The highest BCUT2D eigenvalue weighted by Gasteiger charge is 2.37. The number of carbonyl (C=O) groups is 4. The van der Waals surface area contributed by atoms with Crippen LogP contribution in [0.3, 0.4) is 0 Å². The summed E-state index contributed by atoms with van der Waals surface area (Å²) in [5.74, 6) is -0.913. The smallest absolute Gasteiger partial charge is 0.338 e. The molecule has 0 aliphatic carbocycles.